The summed E-state index contributed by atoms with van der Waals surface area (Å²) in [4.78, 5) is 0. The molecule has 0 aliphatic rings. The molecule has 0 bridgehead atoms. The quantitative estimate of drug-likeness (QED) is 0.769. The Balaban J connectivity index is 2.53. The first-order valence-corrected chi connectivity index (χ1v) is 4.94. The number of aryl methyl sites for hydroxylation is 3. The van der Waals surface area contributed by atoms with Crippen LogP contribution in [0.5, 0.6) is 0 Å². The van der Waals surface area contributed by atoms with Crippen molar-refractivity contribution < 1.29 is 0 Å². The van der Waals surface area contributed by atoms with Crippen LogP contribution < -0.4 is 5.73 Å². The second kappa shape index (κ2) is 3.42. The summed E-state index contributed by atoms with van der Waals surface area (Å²) in [6.45, 7) is 4.17. The summed E-state index contributed by atoms with van der Waals surface area (Å²) in [7, 11) is 1.85. The lowest BCUT2D eigenvalue weighted by molar-refractivity contribution is 0.782. The Hall–Kier alpha value is -1.77. The van der Waals surface area contributed by atoms with Gasteiger partial charge >= 0.3 is 0 Å². The molecule has 3 nitrogen and oxygen atoms in total. The molecule has 1 aromatic carbocycles. The van der Waals surface area contributed by atoms with Crippen LogP contribution in [0, 0.1) is 13.8 Å². The number of hydrogen-bond acceptors (Lipinski definition) is 2. The molecule has 0 radical (unpaired) electrons. The van der Waals surface area contributed by atoms with E-state index in [1.807, 2.05) is 13.1 Å². The fourth-order valence-electron chi connectivity index (χ4n) is 1.75. The van der Waals surface area contributed by atoms with E-state index >= 15 is 0 Å². The summed E-state index contributed by atoms with van der Waals surface area (Å²) in [6.07, 6.45) is 0. The molecule has 0 aliphatic heterocycles. The fourth-order valence-corrected chi connectivity index (χ4v) is 1.75. The Morgan fingerprint density at radius 2 is 1.67 bits per heavy atom. The van der Waals surface area contributed by atoms with Crippen molar-refractivity contribution in [1.29, 1.82) is 0 Å². The molecule has 0 saturated heterocycles. The average Bonchev–Trinajstić information content (AvgIpc) is 2.45. The first-order chi connectivity index (χ1) is 7.06. The van der Waals surface area contributed by atoms with Gasteiger partial charge in [0, 0.05) is 18.7 Å². The van der Waals surface area contributed by atoms with Gasteiger partial charge in [-0.1, -0.05) is 17.2 Å². The Morgan fingerprint density at radius 3 is 2.13 bits per heavy atom. The van der Waals surface area contributed by atoms with Crippen LogP contribution in [0.15, 0.2) is 24.3 Å². The molecule has 1 heterocycles. The van der Waals surface area contributed by atoms with Gasteiger partial charge in [-0.25, -0.2) is 0 Å². The van der Waals surface area contributed by atoms with Crippen LogP contribution in [0.1, 0.15) is 11.1 Å². The van der Waals surface area contributed by atoms with Crippen LogP contribution in [0.4, 0.5) is 5.82 Å². The van der Waals surface area contributed by atoms with Gasteiger partial charge in [-0.15, -0.1) is 0 Å². The lowest BCUT2D eigenvalue weighted by Crippen LogP contribution is -1.96. The standard InChI is InChI=1S/C12H15N3/c1-8-4-9(2)6-10(5-8)11-7-12(13)15(3)14-11/h4-7H,13H2,1-3H3. The zero-order valence-corrected chi connectivity index (χ0v) is 9.28. The number of nitrogens with zero attached hydrogens (tertiary/aromatic N) is 2. The first kappa shape index (κ1) is 9.77. The van der Waals surface area contributed by atoms with Gasteiger partial charge in [-0.2, -0.15) is 5.10 Å². The van der Waals surface area contributed by atoms with Crippen molar-refractivity contribution in [3.05, 3.63) is 35.4 Å². The van der Waals surface area contributed by atoms with Crippen molar-refractivity contribution in [3.63, 3.8) is 0 Å². The van der Waals surface area contributed by atoms with Gasteiger partial charge < -0.3 is 5.73 Å². The van der Waals surface area contributed by atoms with Crippen molar-refractivity contribution in [2.75, 3.05) is 5.73 Å². The lowest BCUT2D eigenvalue weighted by Gasteiger charge is -2.01. The van der Waals surface area contributed by atoms with E-state index < -0.39 is 0 Å². The van der Waals surface area contributed by atoms with Gasteiger partial charge in [0.25, 0.3) is 0 Å². The fraction of sp³-hybridized carbons (Fsp3) is 0.250. The van der Waals surface area contributed by atoms with E-state index in [9.17, 15) is 0 Å². The third kappa shape index (κ3) is 1.86. The van der Waals surface area contributed by atoms with Crippen molar-refractivity contribution in [2.24, 2.45) is 7.05 Å². The monoisotopic (exact) mass is 201 g/mol. The number of benzene rings is 1. The van der Waals surface area contributed by atoms with Crippen LogP contribution in [-0.2, 0) is 7.05 Å². The Kier molecular flexibility index (Phi) is 2.23. The molecule has 0 atom stereocenters. The minimum Gasteiger partial charge on any atom is -0.384 e. The minimum absolute atomic E-state index is 0.684. The molecule has 2 aromatic rings. The van der Waals surface area contributed by atoms with Crippen molar-refractivity contribution in [2.45, 2.75) is 13.8 Å². The number of nitrogen functional groups attached to an aromatic ring is 1. The van der Waals surface area contributed by atoms with Crippen molar-refractivity contribution >= 4 is 5.82 Å². The van der Waals surface area contributed by atoms with Gasteiger partial charge in [0.1, 0.15) is 5.82 Å². The molecule has 78 valence electrons. The average molecular weight is 201 g/mol. The molecule has 15 heavy (non-hydrogen) atoms. The summed E-state index contributed by atoms with van der Waals surface area (Å²) in [6, 6.07) is 8.29. The molecular weight excluding hydrogens is 186 g/mol. The summed E-state index contributed by atoms with van der Waals surface area (Å²) in [5.74, 6) is 0.684. The number of hydrogen-bond donors (Lipinski definition) is 1. The smallest absolute Gasteiger partial charge is 0.121 e. The van der Waals surface area contributed by atoms with Gasteiger partial charge in [0.15, 0.2) is 0 Å². The largest absolute Gasteiger partial charge is 0.384 e. The summed E-state index contributed by atoms with van der Waals surface area (Å²) >= 11 is 0. The van der Waals surface area contributed by atoms with Crippen LogP contribution in [0.3, 0.4) is 0 Å². The molecule has 0 unspecified atom stereocenters. The van der Waals surface area contributed by atoms with Crippen LogP contribution in [0.2, 0.25) is 0 Å². The highest BCUT2D eigenvalue weighted by Crippen LogP contribution is 2.22. The van der Waals surface area contributed by atoms with Crippen LogP contribution in [-0.4, -0.2) is 9.78 Å². The van der Waals surface area contributed by atoms with E-state index in [0.29, 0.717) is 5.82 Å². The number of rotatable bonds is 1. The summed E-state index contributed by atoms with van der Waals surface area (Å²) in [5, 5.41) is 4.35. The normalized spacial score (nSPS) is 10.6. The van der Waals surface area contributed by atoms with E-state index in [1.54, 1.807) is 4.68 Å². The highest BCUT2D eigenvalue weighted by atomic mass is 15.3. The predicted octanol–water partition coefficient (Wildman–Crippen LogP) is 2.29. The SMILES string of the molecule is Cc1cc(C)cc(-c2cc(N)n(C)n2)c1. The maximum atomic E-state index is 5.75. The third-order valence-electron chi connectivity index (χ3n) is 2.43. The maximum Gasteiger partial charge on any atom is 0.121 e. The predicted molar refractivity (Wildman–Crippen MR) is 62.5 cm³/mol. The molecule has 0 amide bonds. The molecule has 0 spiro atoms. The third-order valence-corrected chi connectivity index (χ3v) is 2.43. The first-order valence-electron chi connectivity index (χ1n) is 4.94. The molecule has 0 aliphatic carbocycles. The van der Waals surface area contributed by atoms with E-state index in [2.05, 4.69) is 37.1 Å². The zero-order chi connectivity index (χ0) is 11.0. The summed E-state index contributed by atoms with van der Waals surface area (Å²) < 4.78 is 1.69. The topological polar surface area (TPSA) is 43.8 Å². The Labute approximate surface area is 89.5 Å². The van der Waals surface area contributed by atoms with E-state index in [0.717, 1.165) is 11.3 Å². The van der Waals surface area contributed by atoms with Crippen molar-refractivity contribution in [1.82, 2.24) is 9.78 Å². The second-order valence-electron chi connectivity index (χ2n) is 3.95. The second-order valence-corrected chi connectivity index (χ2v) is 3.95. The van der Waals surface area contributed by atoms with Crippen molar-refractivity contribution in [3.8, 4) is 11.3 Å². The zero-order valence-electron chi connectivity index (χ0n) is 9.28. The molecule has 2 rings (SSSR count). The van der Waals surface area contributed by atoms with Gasteiger partial charge in [0.2, 0.25) is 0 Å². The lowest BCUT2D eigenvalue weighted by atomic mass is 10.1. The summed E-state index contributed by atoms with van der Waals surface area (Å²) in [5.41, 5.74) is 10.3. The van der Waals surface area contributed by atoms with Crippen LogP contribution in [0.25, 0.3) is 11.3 Å². The highest BCUT2D eigenvalue weighted by molar-refractivity contribution is 5.63. The highest BCUT2D eigenvalue weighted by Gasteiger charge is 2.05. The Morgan fingerprint density at radius 1 is 1.07 bits per heavy atom. The number of aromatic nitrogens is 2. The van der Waals surface area contributed by atoms with E-state index in [1.165, 1.54) is 11.1 Å². The maximum absolute atomic E-state index is 5.75. The van der Waals surface area contributed by atoms with E-state index in [-0.39, 0.29) is 0 Å². The minimum atomic E-state index is 0.684. The molecular formula is C12H15N3. The van der Waals surface area contributed by atoms with E-state index in [4.69, 9.17) is 5.73 Å². The number of nitrogens with two attached hydrogens (primary N) is 1. The van der Waals surface area contributed by atoms with Gasteiger partial charge in [-0.05, 0) is 26.0 Å². The Bertz CT molecular complexity index is 458. The number of anilines is 1. The van der Waals surface area contributed by atoms with Gasteiger partial charge in [0.05, 0.1) is 5.69 Å². The van der Waals surface area contributed by atoms with Gasteiger partial charge in [-0.3, -0.25) is 4.68 Å². The molecule has 1 aromatic heterocycles. The molecule has 3 heteroatoms. The molecule has 2 N–H and O–H groups in total. The van der Waals surface area contributed by atoms with Crippen LogP contribution >= 0.6 is 0 Å². The molecule has 0 fully saturated rings. The molecule has 0 saturated carbocycles.